The molecule has 0 radical (unpaired) electrons. The average molecular weight is 386 g/mol. The molecule has 5 nitrogen and oxygen atoms in total. The number of anilines is 2. The first-order valence-electron chi connectivity index (χ1n) is 10.00. The van der Waals surface area contributed by atoms with Crippen LogP contribution in [-0.2, 0) is 6.54 Å². The van der Waals surface area contributed by atoms with Gasteiger partial charge in [-0.25, -0.2) is 0 Å². The van der Waals surface area contributed by atoms with Gasteiger partial charge in [-0.2, -0.15) is 0 Å². The molecule has 1 aliphatic rings. The van der Waals surface area contributed by atoms with Crippen molar-refractivity contribution in [1.82, 2.24) is 14.8 Å². The number of carbonyl (C=O) groups is 1. The number of hydrogen-bond donors (Lipinski definition) is 0. The first kappa shape index (κ1) is 19.2. The Hall–Kier alpha value is -3.18. The first-order chi connectivity index (χ1) is 14.2. The van der Waals surface area contributed by atoms with Crippen molar-refractivity contribution in [3.05, 3.63) is 90.3 Å². The molecule has 0 spiro atoms. The predicted molar refractivity (Wildman–Crippen MR) is 116 cm³/mol. The second-order valence-corrected chi connectivity index (χ2v) is 7.43. The lowest BCUT2D eigenvalue weighted by Crippen LogP contribution is -2.47. The molecular formula is C24H26N4O. The van der Waals surface area contributed by atoms with Gasteiger partial charge in [0, 0.05) is 44.6 Å². The lowest BCUT2D eigenvalue weighted by molar-refractivity contribution is 0.0663. The number of carbonyl (C=O) groups excluding carboxylic acids is 1. The van der Waals surface area contributed by atoms with E-state index < -0.39 is 0 Å². The number of piperazine rings is 1. The van der Waals surface area contributed by atoms with Gasteiger partial charge in [-0.3, -0.25) is 9.78 Å². The normalized spacial score (nSPS) is 14.6. The first-order valence-corrected chi connectivity index (χ1v) is 10.00. The molecule has 0 atom stereocenters. The Labute approximate surface area is 172 Å². The molecule has 29 heavy (non-hydrogen) atoms. The minimum atomic E-state index is 0.0557. The minimum Gasteiger partial charge on any atom is -0.336 e. The zero-order valence-electron chi connectivity index (χ0n) is 16.7. The fourth-order valence-electron chi connectivity index (χ4n) is 3.59. The lowest BCUT2D eigenvalue weighted by atomic mass is 10.1. The highest BCUT2D eigenvalue weighted by Crippen LogP contribution is 2.28. The maximum absolute atomic E-state index is 13.0. The van der Waals surface area contributed by atoms with Crippen LogP contribution in [0.15, 0.2) is 79.1 Å². The second-order valence-electron chi connectivity index (χ2n) is 7.43. The fraction of sp³-hybridized carbons (Fsp3) is 0.250. The summed E-state index contributed by atoms with van der Waals surface area (Å²) in [5.74, 6) is 0.0557. The SMILES string of the molecule is CN1CCN(C(=O)c2cncc(N(Cc3ccccc3)c3ccccc3)c2)CC1. The Balaban J connectivity index is 1.63. The highest BCUT2D eigenvalue weighted by Gasteiger charge is 2.21. The Kier molecular flexibility index (Phi) is 5.86. The summed E-state index contributed by atoms with van der Waals surface area (Å²) in [6.45, 7) is 4.03. The molecule has 1 aliphatic heterocycles. The van der Waals surface area contributed by atoms with Crippen LogP contribution in [0.4, 0.5) is 11.4 Å². The predicted octanol–water partition coefficient (Wildman–Crippen LogP) is 3.81. The number of benzene rings is 2. The van der Waals surface area contributed by atoms with Crippen molar-refractivity contribution in [2.75, 3.05) is 38.1 Å². The van der Waals surface area contributed by atoms with E-state index in [9.17, 15) is 4.79 Å². The van der Waals surface area contributed by atoms with Gasteiger partial charge in [0.05, 0.1) is 17.4 Å². The molecule has 2 aromatic carbocycles. The third-order valence-corrected chi connectivity index (χ3v) is 5.32. The highest BCUT2D eigenvalue weighted by molar-refractivity contribution is 5.95. The zero-order valence-corrected chi connectivity index (χ0v) is 16.7. The Morgan fingerprint density at radius 3 is 2.24 bits per heavy atom. The Morgan fingerprint density at radius 1 is 0.897 bits per heavy atom. The molecule has 5 heteroatoms. The molecule has 0 aliphatic carbocycles. The van der Waals surface area contributed by atoms with E-state index >= 15 is 0 Å². The average Bonchev–Trinajstić information content (AvgIpc) is 2.79. The van der Waals surface area contributed by atoms with Crippen molar-refractivity contribution in [1.29, 1.82) is 0 Å². The summed E-state index contributed by atoms with van der Waals surface area (Å²) in [4.78, 5) is 23.8. The standard InChI is InChI=1S/C24H26N4O/c1-26-12-14-27(15-13-26)24(29)21-16-23(18-25-17-21)28(22-10-6-3-7-11-22)19-20-8-4-2-5-9-20/h2-11,16-18H,12-15,19H2,1H3. The summed E-state index contributed by atoms with van der Waals surface area (Å²) in [5.41, 5.74) is 3.83. The molecule has 2 heterocycles. The number of likely N-dealkylation sites (N-methyl/N-ethyl adjacent to an activating group) is 1. The molecule has 1 fully saturated rings. The van der Waals surface area contributed by atoms with Crippen molar-refractivity contribution in [3.8, 4) is 0 Å². The molecular weight excluding hydrogens is 360 g/mol. The van der Waals surface area contributed by atoms with Crippen LogP contribution < -0.4 is 4.90 Å². The van der Waals surface area contributed by atoms with Crippen molar-refractivity contribution in [2.45, 2.75) is 6.54 Å². The van der Waals surface area contributed by atoms with Gasteiger partial charge < -0.3 is 14.7 Å². The van der Waals surface area contributed by atoms with E-state index in [2.05, 4.69) is 46.1 Å². The number of hydrogen-bond acceptors (Lipinski definition) is 4. The van der Waals surface area contributed by atoms with Crippen molar-refractivity contribution in [3.63, 3.8) is 0 Å². The third-order valence-electron chi connectivity index (χ3n) is 5.32. The molecule has 4 rings (SSSR count). The van der Waals surface area contributed by atoms with Crippen LogP contribution in [0.25, 0.3) is 0 Å². The smallest absolute Gasteiger partial charge is 0.255 e. The van der Waals surface area contributed by atoms with Crippen LogP contribution in [-0.4, -0.2) is 53.9 Å². The van der Waals surface area contributed by atoms with Gasteiger partial charge in [-0.05, 0) is 30.8 Å². The van der Waals surface area contributed by atoms with Gasteiger partial charge in [-0.1, -0.05) is 48.5 Å². The van der Waals surface area contributed by atoms with E-state index in [1.54, 1.807) is 6.20 Å². The largest absolute Gasteiger partial charge is 0.336 e. The molecule has 3 aromatic rings. The van der Waals surface area contributed by atoms with Crippen molar-refractivity contribution < 1.29 is 4.79 Å². The number of rotatable bonds is 5. The number of para-hydroxylation sites is 1. The van der Waals surface area contributed by atoms with Gasteiger partial charge >= 0.3 is 0 Å². The van der Waals surface area contributed by atoms with E-state index in [0.717, 1.165) is 37.6 Å². The second kappa shape index (κ2) is 8.88. The van der Waals surface area contributed by atoms with E-state index in [0.29, 0.717) is 12.1 Å². The van der Waals surface area contributed by atoms with E-state index in [-0.39, 0.29) is 5.91 Å². The van der Waals surface area contributed by atoms with Crippen molar-refractivity contribution >= 4 is 17.3 Å². The van der Waals surface area contributed by atoms with Gasteiger partial charge in [0.15, 0.2) is 0 Å². The molecule has 0 unspecified atom stereocenters. The fourth-order valence-corrected chi connectivity index (χ4v) is 3.59. The molecule has 1 saturated heterocycles. The summed E-state index contributed by atoms with van der Waals surface area (Å²) >= 11 is 0. The van der Waals surface area contributed by atoms with E-state index in [4.69, 9.17) is 0 Å². The van der Waals surface area contributed by atoms with Crippen LogP contribution >= 0.6 is 0 Å². The maximum Gasteiger partial charge on any atom is 0.255 e. The van der Waals surface area contributed by atoms with E-state index in [1.165, 1.54) is 5.56 Å². The summed E-state index contributed by atoms with van der Waals surface area (Å²) in [6, 6.07) is 22.5. The van der Waals surface area contributed by atoms with Gasteiger partial charge in [-0.15, -0.1) is 0 Å². The number of amides is 1. The third kappa shape index (κ3) is 4.63. The van der Waals surface area contributed by atoms with E-state index in [1.807, 2.05) is 53.6 Å². The molecule has 1 amide bonds. The van der Waals surface area contributed by atoms with Crippen LogP contribution in [0.2, 0.25) is 0 Å². The van der Waals surface area contributed by atoms with Crippen molar-refractivity contribution in [2.24, 2.45) is 0 Å². The van der Waals surface area contributed by atoms with Crippen LogP contribution in [0.3, 0.4) is 0 Å². The number of pyridine rings is 1. The summed E-state index contributed by atoms with van der Waals surface area (Å²) in [7, 11) is 2.09. The molecule has 0 bridgehead atoms. The molecule has 148 valence electrons. The lowest BCUT2D eigenvalue weighted by Gasteiger charge is -2.32. The zero-order chi connectivity index (χ0) is 20.1. The minimum absolute atomic E-state index is 0.0557. The monoisotopic (exact) mass is 386 g/mol. The van der Waals surface area contributed by atoms with Gasteiger partial charge in [0.2, 0.25) is 0 Å². The van der Waals surface area contributed by atoms with Crippen LogP contribution in [0.1, 0.15) is 15.9 Å². The van der Waals surface area contributed by atoms with Gasteiger partial charge in [0.1, 0.15) is 0 Å². The summed E-state index contributed by atoms with van der Waals surface area (Å²) in [6.07, 6.45) is 3.51. The molecule has 0 N–H and O–H groups in total. The highest BCUT2D eigenvalue weighted by atomic mass is 16.2. The van der Waals surface area contributed by atoms with Gasteiger partial charge in [0.25, 0.3) is 5.91 Å². The van der Waals surface area contributed by atoms with Crippen LogP contribution in [0, 0.1) is 0 Å². The quantitative estimate of drug-likeness (QED) is 0.669. The summed E-state index contributed by atoms with van der Waals surface area (Å²) in [5, 5.41) is 0. The Bertz CT molecular complexity index is 937. The topological polar surface area (TPSA) is 39.7 Å². The molecule has 1 aromatic heterocycles. The maximum atomic E-state index is 13.0. The van der Waals surface area contributed by atoms with Crippen LogP contribution in [0.5, 0.6) is 0 Å². The molecule has 0 saturated carbocycles. The summed E-state index contributed by atoms with van der Waals surface area (Å²) < 4.78 is 0. The number of aromatic nitrogens is 1. The Morgan fingerprint density at radius 2 is 1.55 bits per heavy atom. The number of nitrogens with zero attached hydrogens (tertiary/aromatic N) is 4.